The molecule has 0 aliphatic rings. The lowest BCUT2D eigenvalue weighted by Gasteiger charge is -1.91. The third-order valence-electron chi connectivity index (χ3n) is 0.0514. The SMILES string of the molecule is CN(C)C.O=S([O-])OI. The molecule has 58 valence electrons. The van der Waals surface area contributed by atoms with Crippen LogP contribution in [0.5, 0.6) is 0 Å². The molecule has 1 atom stereocenters. The van der Waals surface area contributed by atoms with Gasteiger partial charge < -0.3 is 9.45 Å². The van der Waals surface area contributed by atoms with Crippen molar-refractivity contribution in [3.63, 3.8) is 0 Å². The van der Waals surface area contributed by atoms with Crippen molar-refractivity contribution >= 4 is 34.4 Å². The van der Waals surface area contributed by atoms with E-state index < -0.39 is 11.4 Å². The maximum Gasteiger partial charge on any atom is 0.129 e. The Morgan fingerprint density at radius 1 is 1.56 bits per heavy atom. The van der Waals surface area contributed by atoms with Crippen LogP contribution in [-0.4, -0.2) is 34.8 Å². The number of hydrogen-bond donors (Lipinski definition) is 0. The summed E-state index contributed by atoms with van der Waals surface area (Å²) in [5, 5.41) is 0. The molecule has 9 heavy (non-hydrogen) atoms. The summed E-state index contributed by atoms with van der Waals surface area (Å²) in [6.07, 6.45) is 0. The standard InChI is InChI=1S/C3H9N.HIO3S/c1-4(2)3;1-4-5(2)3/h1-3H3;(H,2,3)/p-1. The van der Waals surface area contributed by atoms with E-state index in [0.717, 1.165) is 0 Å². The fraction of sp³-hybridized carbons (Fsp3) is 1.00. The summed E-state index contributed by atoms with van der Waals surface area (Å²) in [6, 6.07) is 0. The average Bonchev–Trinajstić information content (AvgIpc) is 1.65. The van der Waals surface area contributed by atoms with Gasteiger partial charge in [-0.15, -0.1) is 0 Å². The van der Waals surface area contributed by atoms with E-state index in [-0.39, 0.29) is 0 Å². The Hall–Kier alpha value is 0.760. The lowest BCUT2D eigenvalue weighted by atomic mass is 11.0. The van der Waals surface area contributed by atoms with Crippen molar-refractivity contribution in [2.75, 3.05) is 21.1 Å². The minimum absolute atomic E-state index is 1.26. The van der Waals surface area contributed by atoms with Gasteiger partial charge in [-0.25, -0.2) is 6.72 Å². The Bertz CT molecular complexity index is 76.7. The molecule has 6 heteroatoms. The van der Waals surface area contributed by atoms with Gasteiger partial charge >= 0.3 is 0 Å². The van der Waals surface area contributed by atoms with Gasteiger partial charge in [-0.2, -0.15) is 0 Å². The molecule has 0 aliphatic heterocycles. The van der Waals surface area contributed by atoms with Crippen molar-refractivity contribution in [3.8, 4) is 0 Å². The van der Waals surface area contributed by atoms with E-state index in [2.05, 4.69) is 2.51 Å². The second-order valence-electron chi connectivity index (χ2n) is 1.61. The molecule has 4 nitrogen and oxygen atoms in total. The largest absolute Gasteiger partial charge is 0.749 e. The Kier molecular flexibility index (Phi) is 12.1. The van der Waals surface area contributed by atoms with E-state index in [1.165, 1.54) is 23.0 Å². The fourth-order valence-corrected chi connectivity index (χ4v) is 0. The van der Waals surface area contributed by atoms with Gasteiger partial charge in [-0.1, -0.05) is 0 Å². The minimum Gasteiger partial charge on any atom is -0.749 e. The molecular weight excluding hydrogens is 257 g/mol. The van der Waals surface area contributed by atoms with Gasteiger partial charge in [0.2, 0.25) is 0 Å². The summed E-state index contributed by atoms with van der Waals surface area (Å²) in [5.41, 5.74) is 0. The zero-order chi connectivity index (χ0) is 7.86. The Morgan fingerprint density at radius 3 is 1.67 bits per heavy atom. The van der Waals surface area contributed by atoms with Crippen LogP contribution >= 0.6 is 23.0 Å². The predicted octanol–water partition coefficient (Wildman–Crippen LogP) is 0.325. The normalized spacial score (nSPS) is 12.2. The molecule has 0 saturated carbocycles. The number of halogens is 1. The molecule has 0 radical (unpaired) electrons. The summed E-state index contributed by atoms with van der Waals surface area (Å²) < 4.78 is 21.9. The summed E-state index contributed by atoms with van der Waals surface area (Å²) in [5.74, 6) is 0. The van der Waals surface area contributed by atoms with Gasteiger partial charge in [0.05, 0.1) is 11.4 Å². The quantitative estimate of drug-likeness (QED) is 0.507. The first-order valence-electron chi connectivity index (χ1n) is 2.00. The zero-order valence-corrected chi connectivity index (χ0v) is 8.43. The van der Waals surface area contributed by atoms with Gasteiger partial charge in [-0.3, -0.25) is 0 Å². The van der Waals surface area contributed by atoms with Crippen LogP contribution < -0.4 is 0 Å². The molecule has 0 heterocycles. The maximum absolute atomic E-state index is 9.14. The van der Waals surface area contributed by atoms with Gasteiger partial charge in [0.1, 0.15) is 23.0 Å². The summed E-state index contributed by atoms with van der Waals surface area (Å²) in [4.78, 5) is 2.00. The highest BCUT2D eigenvalue weighted by atomic mass is 127. The van der Waals surface area contributed by atoms with E-state index in [9.17, 15) is 0 Å². The van der Waals surface area contributed by atoms with Crippen LogP contribution in [0.25, 0.3) is 0 Å². The van der Waals surface area contributed by atoms with Crippen LogP contribution in [0, 0.1) is 0 Å². The Morgan fingerprint density at radius 2 is 1.67 bits per heavy atom. The lowest BCUT2D eigenvalue weighted by Crippen LogP contribution is -1.99. The van der Waals surface area contributed by atoms with Crippen LogP contribution in [-0.2, 0) is 13.9 Å². The van der Waals surface area contributed by atoms with Crippen molar-refractivity contribution in [2.24, 2.45) is 0 Å². The van der Waals surface area contributed by atoms with Crippen LogP contribution in [0.3, 0.4) is 0 Å². The molecule has 0 aromatic rings. The highest BCUT2D eigenvalue weighted by Crippen LogP contribution is 1.84. The van der Waals surface area contributed by atoms with Gasteiger partial charge in [0.15, 0.2) is 0 Å². The molecule has 0 N–H and O–H groups in total. The first-order chi connectivity index (χ1) is 4.00. The maximum atomic E-state index is 9.14. The second-order valence-corrected chi connectivity index (χ2v) is 3.22. The minimum atomic E-state index is -2.34. The third-order valence-corrected chi connectivity index (χ3v) is 1.04. The summed E-state index contributed by atoms with van der Waals surface area (Å²) in [6.45, 7) is 0. The molecule has 0 bridgehead atoms. The summed E-state index contributed by atoms with van der Waals surface area (Å²) >= 11 is -1.07. The first-order valence-corrected chi connectivity index (χ1v) is 3.88. The van der Waals surface area contributed by atoms with Gasteiger partial charge in [0, 0.05) is 0 Å². The van der Waals surface area contributed by atoms with E-state index in [1.807, 2.05) is 26.0 Å². The van der Waals surface area contributed by atoms with Crippen molar-refractivity contribution in [3.05, 3.63) is 0 Å². The molecule has 0 saturated heterocycles. The Balaban J connectivity index is 0. The van der Waals surface area contributed by atoms with Crippen molar-refractivity contribution in [1.29, 1.82) is 0 Å². The molecule has 0 aromatic carbocycles. The predicted molar refractivity (Wildman–Crippen MR) is 43.6 cm³/mol. The highest BCUT2D eigenvalue weighted by Gasteiger charge is 1.63. The molecule has 0 rings (SSSR count). The monoisotopic (exact) mass is 266 g/mol. The first kappa shape index (κ1) is 12.4. The van der Waals surface area contributed by atoms with Crippen LogP contribution in [0.2, 0.25) is 0 Å². The van der Waals surface area contributed by atoms with Crippen molar-refractivity contribution < 1.29 is 11.3 Å². The topological polar surface area (TPSA) is 52.6 Å². The van der Waals surface area contributed by atoms with Gasteiger partial charge in [-0.05, 0) is 21.1 Å². The van der Waals surface area contributed by atoms with Gasteiger partial charge in [0.25, 0.3) is 0 Å². The molecule has 0 aliphatic carbocycles. The molecule has 0 aromatic heterocycles. The second kappa shape index (κ2) is 8.76. The van der Waals surface area contributed by atoms with Crippen LogP contribution in [0.4, 0.5) is 0 Å². The molecule has 1 unspecified atom stereocenters. The third kappa shape index (κ3) is 52.6. The summed E-state index contributed by atoms with van der Waals surface area (Å²) in [7, 11) is 6.00. The number of hydrogen-bond acceptors (Lipinski definition) is 4. The smallest absolute Gasteiger partial charge is 0.129 e. The molecule has 0 fully saturated rings. The van der Waals surface area contributed by atoms with Crippen molar-refractivity contribution in [1.82, 2.24) is 4.90 Å². The molecular formula is C3H9INO3S-. The van der Waals surface area contributed by atoms with E-state index >= 15 is 0 Å². The average molecular weight is 266 g/mol. The van der Waals surface area contributed by atoms with E-state index in [0.29, 0.717) is 0 Å². The Labute approximate surface area is 71.7 Å². The zero-order valence-electron chi connectivity index (χ0n) is 5.46. The molecule has 0 amide bonds. The molecule has 0 spiro atoms. The number of rotatable bonds is 1. The fourth-order valence-electron chi connectivity index (χ4n) is 0. The van der Waals surface area contributed by atoms with Crippen LogP contribution in [0.15, 0.2) is 0 Å². The number of nitrogens with zero attached hydrogens (tertiary/aromatic N) is 1. The van der Waals surface area contributed by atoms with E-state index in [1.54, 1.807) is 0 Å². The highest BCUT2D eigenvalue weighted by molar-refractivity contribution is 14.1. The van der Waals surface area contributed by atoms with E-state index in [4.69, 9.17) is 8.76 Å². The van der Waals surface area contributed by atoms with Crippen molar-refractivity contribution in [2.45, 2.75) is 0 Å². The van der Waals surface area contributed by atoms with Crippen LogP contribution in [0.1, 0.15) is 0 Å². The lowest BCUT2D eigenvalue weighted by molar-refractivity contribution is 0.480.